The van der Waals surface area contributed by atoms with Crippen LogP contribution in [-0.2, 0) is 4.79 Å². The molecule has 6 heteroatoms. The van der Waals surface area contributed by atoms with Gasteiger partial charge in [-0.25, -0.2) is 4.79 Å². The van der Waals surface area contributed by atoms with Crippen molar-refractivity contribution in [1.82, 2.24) is 5.32 Å². The zero-order valence-electron chi connectivity index (χ0n) is 19.9. The van der Waals surface area contributed by atoms with E-state index in [1.165, 1.54) is 0 Å². The Morgan fingerprint density at radius 3 is 2.38 bits per heavy atom. The van der Waals surface area contributed by atoms with Crippen LogP contribution in [0.25, 0.3) is 0 Å². The fourth-order valence-corrected chi connectivity index (χ4v) is 3.88. The Morgan fingerprint density at radius 2 is 1.88 bits per heavy atom. The normalized spacial score (nSPS) is 18.2. The number of carboxylic acid groups (broad SMARTS) is 1. The van der Waals surface area contributed by atoms with Gasteiger partial charge in [0.05, 0.1) is 17.3 Å². The Balaban J connectivity index is 2.38. The van der Waals surface area contributed by atoms with Crippen molar-refractivity contribution in [3.8, 4) is 0 Å². The lowest BCUT2D eigenvalue weighted by molar-refractivity contribution is -0.138. The van der Waals surface area contributed by atoms with Gasteiger partial charge in [0.25, 0.3) is 0 Å². The first-order valence-electron chi connectivity index (χ1n) is 11.3. The summed E-state index contributed by atoms with van der Waals surface area (Å²) in [5.74, 6) is -0.216. The first-order valence-corrected chi connectivity index (χ1v) is 11.3. The molecule has 2 atom stereocenters. The van der Waals surface area contributed by atoms with Crippen molar-refractivity contribution in [2.75, 3.05) is 23.3 Å². The lowest BCUT2D eigenvalue weighted by Gasteiger charge is -2.31. The molecule has 0 heterocycles. The number of carboxylic acids is 1. The van der Waals surface area contributed by atoms with E-state index in [1.807, 2.05) is 31.2 Å². The summed E-state index contributed by atoms with van der Waals surface area (Å²) in [7, 11) is 0. The summed E-state index contributed by atoms with van der Waals surface area (Å²) < 4.78 is 0. The molecule has 1 fully saturated rings. The zero-order chi connectivity index (χ0) is 23.8. The second-order valence-electron chi connectivity index (χ2n) is 9.19. The molecule has 1 aliphatic rings. The number of nitrogens with one attached hydrogen (secondary N) is 2. The lowest BCUT2D eigenvalue weighted by atomic mass is 10.0. The van der Waals surface area contributed by atoms with E-state index in [0.717, 1.165) is 24.3 Å². The van der Waals surface area contributed by atoms with Gasteiger partial charge in [-0.15, -0.1) is 0 Å². The van der Waals surface area contributed by atoms with Gasteiger partial charge in [-0.05, 0) is 60.9 Å². The minimum Gasteiger partial charge on any atom is -0.481 e. The number of allylic oxidation sites excluding steroid dienone is 4. The molecule has 1 aromatic rings. The van der Waals surface area contributed by atoms with Gasteiger partial charge in [-0.2, -0.15) is 0 Å². The Labute approximate surface area is 192 Å². The fraction of sp³-hybridized carbons (Fsp3) is 0.462. The highest BCUT2D eigenvalue weighted by atomic mass is 16.4. The summed E-state index contributed by atoms with van der Waals surface area (Å²) >= 11 is 0. The largest absolute Gasteiger partial charge is 0.481 e. The first-order chi connectivity index (χ1) is 15.2. The van der Waals surface area contributed by atoms with E-state index in [0.29, 0.717) is 29.6 Å². The standard InChI is InChI=1S/C26H37N3O3/c1-7-9-20(10-8-2)27-26(32)28-23-13-19(21-14-22(21)25(30)31)11-12-24(23)29(15-17(3)4)16-18(5)6/h7-13,17-18,21-22H,1,14-16H2,2-6H3,(H,30,31)(H2,27,28,32)/b10-8-,20-9+. The third kappa shape index (κ3) is 7.29. The molecular formula is C26H37N3O3. The van der Waals surface area contributed by atoms with E-state index >= 15 is 0 Å². The number of urea groups is 1. The summed E-state index contributed by atoms with van der Waals surface area (Å²) in [4.78, 5) is 26.5. The van der Waals surface area contributed by atoms with Gasteiger partial charge in [0, 0.05) is 18.8 Å². The van der Waals surface area contributed by atoms with Gasteiger partial charge in [-0.1, -0.05) is 52.5 Å². The number of carbonyl (C=O) groups excluding carboxylic acids is 1. The number of nitrogens with zero attached hydrogens (tertiary/aromatic N) is 1. The van der Waals surface area contributed by atoms with Crippen LogP contribution < -0.4 is 15.5 Å². The maximum absolute atomic E-state index is 12.8. The molecule has 0 bridgehead atoms. The van der Waals surface area contributed by atoms with Crippen molar-refractivity contribution in [1.29, 1.82) is 0 Å². The minimum atomic E-state index is -0.766. The molecule has 2 amide bonds. The minimum absolute atomic E-state index is 0.00643. The van der Waals surface area contributed by atoms with Gasteiger partial charge in [-0.3, -0.25) is 4.79 Å². The molecule has 32 heavy (non-hydrogen) atoms. The Morgan fingerprint density at radius 1 is 1.22 bits per heavy atom. The van der Waals surface area contributed by atoms with Crippen LogP contribution in [0.15, 0.2) is 54.8 Å². The molecule has 0 spiro atoms. The summed E-state index contributed by atoms with van der Waals surface area (Å²) in [5, 5.41) is 15.2. The van der Waals surface area contributed by atoms with Crippen molar-refractivity contribution in [2.45, 2.75) is 47.0 Å². The SMILES string of the molecule is C=C/C=C(\C=C/C)NC(=O)Nc1cc(C2CC2C(=O)O)ccc1N(CC(C)C)CC(C)C. The molecule has 1 aliphatic carbocycles. The van der Waals surface area contributed by atoms with E-state index in [1.54, 1.807) is 18.2 Å². The number of hydrogen-bond donors (Lipinski definition) is 3. The topological polar surface area (TPSA) is 81.7 Å². The maximum atomic E-state index is 12.8. The lowest BCUT2D eigenvalue weighted by Crippen LogP contribution is -2.33. The highest BCUT2D eigenvalue weighted by molar-refractivity contribution is 5.94. The molecule has 6 nitrogen and oxygen atoms in total. The van der Waals surface area contributed by atoms with E-state index in [2.05, 4.69) is 49.8 Å². The monoisotopic (exact) mass is 439 g/mol. The second-order valence-corrected chi connectivity index (χ2v) is 9.19. The molecule has 0 aromatic heterocycles. The number of amides is 2. The second kappa shape index (κ2) is 11.6. The van der Waals surface area contributed by atoms with Gasteiger partial charge >= 0.3 is 12.0 Å². The Hall–Kier alpha value is -3.02. The average molecular weight is 440 g/mol. The van der Waals surface area contributed by atoms with Crippen LogP contribution in [0.4, 0.5) is 16.2 Å². The highest BCUT2D eigenvalue weighted by Crippen LogP contribution is 2.49. The Bertz CT molecular complexity index is 876. The van der Waals surface area contributed by atoms with Crippen LogP contribution in [-0.4, -0.2) is 30.2 Å². The van der Waals surface area contributed by atoms with E-state index in [4.69, 9.17) is 0 Å². The smallest absolute Gasteiger partial charge is 0.323 e. The van der Waals surface area contributed by atoms with Crippen molar-refractivity contribution in [2.24, 2.45) is 17.8 Å². The van der Waals surface area contributed by atoms with Crippen molar-refractivity contribution >= 4 is 23.4 Å². The predicted molar refractivity (Wildman–Crippen MR) is 132 cm³/mol. The zero-order valence-corrected chi connectivity index (χ0v) is 19.9. The van der Waals surface area contributed by atoms with Crippen LogP contribution in [0.5, 0.6) is 0 Å². The summed E-state index contributed by atoms with van der Waals surface area (Å²) in [6.45, 7) is 16.0. The highest BCUT2D eigenvalue weighted by Gasteiger charge is 2.44. The van der Waals surface area contributed by atoms with E-state index in [-0.39, 0.29) is 17.9 Å². The average Bonchev–Trinajstić information content (AvgIpc) is 3.48. The molecule has 1 saturated carbocycles. The maximum Gasteiger partial charge on any atom is 0.323 e. The molecule has 0 aliphatic heterocycles. The molecule has 0 radical (unpaired) electrons. The van der Waals surface area contributed by atoms with Gasteiger partial charge in [0.2, 0.25) is 0 Å². The van der Waals surface area contributed by atoms with Crippen LogP contribution in [0.2, 0.25) is 0 Å². The van der Waals surface area contributed by atoms with Gasteiger partial charge in [0.1, 0.15) is 0 Å². The van der Waals surface area contributed by atoms with E-state index in [9.17, 15) is 14.7 Å². The summed E-state index contributed by atoms with van der Waals surface area (Å²) in [5.41, 5.74) is 3.21. The molecule has 0 saturated heterocycles. The number of carbonyl (C=O) groups is 2. The first kappa shape index (κ1) is 25.2. The molecule has 2 unspecified atom stereocenters. The number of hydrogen-bond acceptors (Lipinski definition) is 3. The molecular weight excluding hydrogens is 402 g/mol. The van der Waals surface area contributed by atoms with Crippen LogP contribution >= 0.6 is 0 Å². The van der Waals surface area contributed by atoms with E-state index < -0.39 is 5.97 Å². The van der Waals surface area contributed by atoms with Gasteiger partial charge < -0.3 is 20.6 Å². The number of anilines is 2. The molecule has 1 aromatic carbocycles. The summed E-state index contributed by atoms with van der Waals surface area (Å²) in [6, 6.07) is 5.60. The molecule has 2 rings (SSSR count). The fourth-order valence-electron chi connectivity index (χ4n) is 3.88. The predicted octanol–water partition coefficient (Wildman–Crippen LogP) is 5.76. The number of rotatable bonds is 11. The third-order valence-corrected chi connectivity index (χ3v) is 5.22. The number of aliphatic carboxylic acids is 1. The van der Waals surface area contributed by atoms with Crippen LogP contribution in [0.3, 0.4) is 0 Å². The van der Waals surface area contributed by atoms with Crippen LogP contribution in [0, 0.1) is 17.8 Å². The Kier molecular flexibility index (Phi) is 9.12. The number of benzene rings is 1. The summed E-state index contributed by atoms with van der Waals surface area (Å²) in [6.07, 6.45) is 7.61. The van der Waals surface area contributed by atoms with Crippen molar-refractivity contribution in [3.63, 3.8) is 0 Å². The quantitative estimate of drug-likeness (QED) is 0.383. The van der Waals surface area contributed by atoms with Gasteiger partial charge in [0.15, 0.2) is 0 Å². The van der Waals surface area contributed by atoms with Crippen molar-refractivity contribution < 1.29 is 14.7 Å². The van der Waals surface area contributed by atoms with Crippen molar-refractivity contribution in [3.05, 3.63) is 60.3 Å². The molecule has 3 N–H and O–H groups in total. The van der Waals surface area contributed by atoms with Crippen LogP contribution in [0.1, 0.15) is 52.5 Å². The molecule has 174 valence electrons. The third-order valence-electron chi connectivity index (χ3n) is 5.22.